The van der Waals surface area contributed by atoms with E-state index in [2.05, 4.69) is 19.2 Å². The van der Waals surface area contributed by atoms with Crippen molar-refractivity contribution in [1.29, 1.82) is 0 Å². The highest BCUT2D eigenvalue weighted by molar-refractivity contribution is 4.93. The average Bonchev–Trinajstić information content (AvgIpc) is 2.56. The molecule has 1 aliphatic carbocycles. The predicted octanol–water partition coefficient (Wildman–Crippen LogP) is 2.33. The number of aliphatic hydroxyl groups is 1. The van der Waals surface area contributed by atoms with Crippen LogP contribution < -0.4 is 5.32 Å². The fourth-order valence-corrected chi connectivity index (χ4v) is 2.74. The van der Waals surface area contributed by atoms with Crippen LogP contribution in [0.3, 0.4) is 0 Å². The second-order valence-corrected chi connectivity index (χ2v) is 5.73. The lowest BCUT2D eigenvalue weighted by atomic mass is 9.86. The standard InChI is InChI=1S/C14H29NO2/c1-12(2)14(10-16,11-17-3)15-13-8-6-4-5-7-9-13/h12-13,15-16H,4-11H2,1-3H3. The molecule has 3 heteroatoms. The Morgan fingerprint density at radius 1 is 1.24 bits per heavy atom. The average molecular weight is 243 g/mol. The number of hydrogen-bond acceptors (Lipinski definition) is 3. The predicted molar refractivity (Wildman–Crippen MR) is 71.2 cm³/mol. The third kappa shape index (κ3) is 4.23. The largest absolute Gasteiger partial charge is 0.394 e. The van der Waals surface area contributed by atoms with E-state index in [-0.39, 0.29) is 12.1 Å². The first-order chi connectivity index (χ1) is 8.14. The van der Waals surface area contributed by atoms with Crippen molar-refractivity contribution in [3.05, 3.63) is 0 Å². The van der Waals surface area contributed by atoms with Crippen LogP contribution in [0, 0.1) is 5.92 Å². The van der Waals surface area contributed by atoms with Crippen molar-refractivity contribution in [3.8, 4) is 0 Å². The molecular formula is C14H29NO2. The van der Waals surface area contributed by atoms with Gasteiger partial charge < -0.3 is 15.2 Å². The molecule has 0 radical (unpaired) electrons. The first-order valence-corrected chi connectivity index (χ1v) is 7.02. The van der Waals surface area contributed by atoms with Gasteiger partial charge in [-0.25, -0.2) is 0 Å². The van der Waals surface area contributed by atoms with E-state index in [9.17, 15) is 5.11 Å². The van der Waals surface area contributed by atoms with Gasteiger partial charge in [0.15, 0.2) is 0 Å². The number of ether oxygens (including phenoxy) is 1. The van der Waals surface area contributed by atoms with Crippen LogP contribution in [0.5, 0.6) is 0 Å². The lowest BCUT2D eigenvalue weighted by Gasteiger charge is -2.39. The smallest absolute Gasteiger partial charge is 0.0676 e. The minimum Gasteiger partial charge on any atom is -0.394 e. The number of nitrogens with one attached hydrogen (secondary N) is 1. The Bertz CT molecular complexity index is 200. The van der Waals surface area contributed by atoms with Gasteiger partial charge in [-0.2, -0.15) is 0 Å². The quantitative estimate of drug-likeness (QED) is 0.704. The van der Waals surface area contributed by atoms with Gasteiger partial charge in [-0.1, -0.05) is 39.5 Å². The molecule has 0 heterocycles. The molecule has 1 unspecified atom stereocenters. The Labute approximate surface area is 106 Å². The van der Waals surface area contributed by atoms with Gasteiger partial charge >= 0.3 is 0 Å². The molecule has 0 aromatic rings. The Kier molecular flexibility index (Phi) is 6.45. The highest BCUT2D eigenvalue weighted by Crippen LogP contribution is 2.23. The van der Waals surface area contributed by atoms with Gasteiger partial charge in [-0.15, -0.1) is 0 Å². The number of aliphatic hydroxyl groups excluding tert-OH is 1. The zero-order valence-electron chi connectivity index (χ0n) is 11.7. The lowest BCUT2D eigenvalue weighted by molar-refractivity contribution is 0.0237. The summed E-state index contributed by atoms with van der Waals surface area (Å²) in [5.74, 6) is 0.371. The van der Waals surface area contributed by atoms with Crippen molar-refractivity contribution >= 4 is 0 Å². The molecule has 2 N–H and O–H groups in total. The summed E-state index contributed by atoms with van der Waals surface area (Å²) in [5, 5.41) is 13.4. The van der Waals surface area contributed by atoms with Crippen LogP contribution in [0.1, 0.15) is 52.4 Å². The van der Waals surface area contributed by atoms with Crippen molar-refractivity contribution < 1.29 is 9.84 Å². The summed E-state index contributed by atoms with van der Waals surface area (Å²) in [7, 11) is 1.71. The Morgan fingerprint density at radius 3 is 2.24 bits per heavy atom. The molecule has 0 aliphatic heterocycles. The van der Waals surface area contributed by atoms with E-state index >= 15 is 0 Å². The highest BCUT2D eigenvalue weighted by atomic mass is 16.5. The topological polar surface area (TPSA) is 41.5 Å². The molecule has 1 atom stereocenters. The zero-order valence-corrected chi connectivity index (χ0v) is 11.7. The van der Waals surface area contributed by atoms with Gasteiger partial charge in [0.25, 0.3) is 0 Å². The van der Waals surface area contributed by atoms with Gasteiger partial charge in [0, 0.05) is 13.2 Å². The lowest BCUT2D eigenvalue weighted by Crippen LogP contribution is -2.59. The number of rotatable bonds is 6. The number of hydrogen-bond donors (Lipinski definition) is 2. The summed E-state index contributed by atoms with van der Waals surface area (Å²) in [6.45, 7) is 5.03. The normalized spacial score (nSPS) is 22.4. The number of methoxy groups -OCH3 is 1. The Morgan fingerprint density at radius 2 is 1.82 bits per heavy atom. The van der Waals surface area contributed by atoms with Gasteiger partial charge in [0.2, 0.25) is 0 Å². The molecular weight excluding hydrogens is 214 g/mol. The molecule has 1 rings (SSSR count). The minimum atomic E-state index is -0.274. The van der Waals surface area contributed by atoms with Crippen LogP contribution in [-0.4, -0.2) is 37.0 Å². The molecule has 17 heavy (non-hydrogen) atoms. The van der Waals surface area contributed by atoms with Crippen LogP contribution in [0.25, 0.3) is 0 Å². The fourth-order valence-electron chi connectivity index (χ4n) is 2.74. The van der Waals surface area contributed by atoms with Gasteiger partial charge in [-0.3, -0.25) is 0 Å². The zero-order chi connectivity index (χ0) is 12.7. The summed E-state index contributed by atoms with van der Waals surface area (Å²) in [4.78, 5) is 0. The monoisotopic (exact) mass is 243 g/mol. The first kappa shape index (κ1) is 14.9. The van der Waals surface area contributed by atoms with Crippen LogP contribution in [-0.2, 0) is 4.74 Å². The second kappa shape index (κ2) is 7.34. The van der Waals surface area contributed by atoms with Crippen LogP contribution in [0.15, 0.2) is 0 Å². The van der Waals surface area contributed by atoms with Gasteiger partial charge in [-0.05, 0) is 18.8 Å². The van der Waals surface area contributed by atoms with Gasteiger partial charge in [0.1, 0.15) is 0 Å². The van der Waals surface area contributed by atoms with E-state index in [0.717, 1.165) is 0 Å². The van der Waals surface area contributed by atoms with E-state index in [1.54, 1.807) is 7.11 Å². The van der Waals surface area contributed by atoms with Crippen molar-refractivity contribution in [2.75, 3.05) is 20.3 Å². The third-order valence-electron chi connectivity index (χ3n) is 4.14. The molecule has 1 fully saturated rings. The molecule has 0 bridgehead atoms. The van der Waals surface area contributed by atoms with E-state index in [1.807, 2.05) is 0 Å². The minimum absolute atomic E-state index is 0.148. The van der Waals surface area contributed by atoms with Crippen molar-refractivity contribution in [3.63, 3.8) is 0 Å². The second-order valence-electron chi connectivity index (χ2n) is 5.73. The molecule has 102 valence electrons. The molecule has 1 saturated carbocycles. The molecule has 0 amide bonds. The van der Waals surface area contributed by atoms with Crippen molar-refractivity contribution in [2.24, 2.45) is 5.92 Å². The van der Waals surface area contributed by atoms with E-state index < -0.39 is 0 Å². The van der Waals surface area contributed by atoms with Crippen LogP contribution in [0.4, 0.5) is 0 Å². The summed E-state index contributed by atoms with van der Waals surface area (Å²) >= 11 is 0. The highest BCUT2D eigenvalue weighted by Gasteiger charge is 2.35. The van der Waals surface area contributed by atoms with Crippen molar-refractivity contribution in [1.82, 2.24) is 5.32 Å². The Balaban J connectivity index is 2.62. The summed E-state index contributed by atoms with van der Waals surface area (Å²) in [6.07, 6.45) is 7.80. The van der Waals surface area contributed by atoms with Crippen molar-refractivity contribution in [2.45, 2.75) is 64.0 Å². The first-order valence-electron chi connectivity index (χ1n) is 7.02. The molecule has 1 aliphatic rings. The van der Waals surface area contributed by atoms with E-state index in [0.29, 0.717) is 18.6 Å². The summed E-state index contributed by atoms with van der Waals surface area (Å²) in [6, 6.07) is 0.544. The fraction of sp³-hybridized carbons (Fsp3) is 1.00. The van der Waals surface area contributed by atoms with Crippen LogP contribution in [0.2, 0.25) is 0 Å². The Hall–Kier alpha value is -0.120. The maximum atomic E-state index is 9.74. The van der Waals surface area contributed by atoms with Crippen LogP contribution >= 0.6 is 0 Å². The third-order valence-corrected chi connectivity index (χ3v) is 4.14. The van der Waals surface area contributed by atoms with E-state index in [1.165, 1.54) is 38.5 Å². The summed E-state index contributed by atoms with van der Waals surface area (Å²) < 4.78 is 5.31. The maximum Gasteiger partial charge on any atom is 0.0676 e. The SMILES string of the molecule is COCC(CO)(NC1CCCCCC1)C(C)C. The molecule has 0 aromatic heterocycles. The molecule has 3 nitrogen and oxygen atoms in total. The molecule has 0 spiro atoms. The van der Waals surface area contributed by atoms with Gasteiger partial charge in [0.05, 0.1) is 18.8 Å². The maximum absolute atomic E-state index is 9.74. The molecule has 0 saturated heterocycles. The summed E-state index contributed by atoms with van der Waals surface area (Å²) in [5.41, 5.74) is -0.274. The van der Waals surface area contributed by atoms with E-state index in [4.69, 9.17) is 4.74 Å². The molecule has 0 aromatic carbocycles.